The molecule has 0 N–H and O–H groups in total. The number of hydrogen-bond donors (Lipinski definition) is 0. The van der Waals surface area contributed by atoms with Crippen molar-refractivity contribution in [1.82, 2.24) is 4.90 Å². The van der Waals surface area contributed by atoms with Crippen LogP contribution in [-0.2, 0) is 11.2 Å². The molecule has 3 rings (SSSR count). The summed E-state index contributed by atoms with van der Waals surface area (Å²) in [7, 11) is 2.91. The number of rotatable bonds is 3. The molecule has 2 aromatic rings. The number of halogens is 4. The highest BCUT2D eigenvalue weighted by Gasteiger charge is 2.44. The third kappa shape index (κ3) is 3.76. The van der Waals surface area contributed by atoms with E-state index in [-0.39, 0.29) is 19.5 Å². The molecule has 28 heavy (non-hydrogen) atoms. The van der Waals surface area contributed by atoms with Crippen molar-refractivity contribution < 1.29 is 27.4 Å². The Hall–Kier alpha value is -2.41. The quantitative estimate of drug-likeness (QED) is 0.747. The number of carbonyl (C=O) groups excluding carboxylic acids is 1. The summed E-state index contributed by atoms with van der Waals surface area (Å²) in [6.07, 6.45) is -4.75. The summed E-state index contributed by atoms with van der Waals surface area (Å²) >= 11 is 6.52. The Kier molecular flexibility index (Phi) is 5.74. The zero-order valence-corrected chi connectivity index (χ0v) is 16.1. The molecule has 4 nitrogen and oxygen atoms in total. The summed E-state index contributed by atoms with van der Waals surface area (Å²) < 4.78 is 49.9. The molecule has 0 saturated carbocycles. The standard InChI is InChI=1S/C20H19ClF3NO3/c1-27-16-10-14-13(17(21)18(16)28-2)8-9-25(19(26)20(22,23)24)11-15(14)12-6-4-3-5-7-12/h3-7,10,15H,8-9,11H2,1-2H3. The largest absolute Gasteiger partial charge is 0.493 e. The average Bonchev–Trinajstić information content (AvgIpc) is 2.87. The van der Waals surface area contributed by atoms with Gasteiger partial charge in [0.1, 0.15) is 0 Å². The monoisotopic (exact) mass is 413 g/mol. The molecule has 1 aliphatic heterocycles. The summed E-state index contributed by atoms with van der Waals surface area (Å²) in [5.41, 5.74) is 2.17. The SMILES string of the molecule is COc1cc2c(c(Cl)c1OC)CCN(C(=O)C(F)(F)F)CC2c1ccccc1. The fraction of sp³-hybridized carbons (Fsp3) is 0.350. The second-order valence-corrected chi connectivity index (χ2v) is 6.83. The maximum absolute atomic E-state index is 13.1. The van der Waals surface area contributed by atoms with E-state index < -0.39 is 18.0 Å². The molecule has 0 aliphatic carbocycles. The molecule has 150 valence electrons. The van der Waals surface area contributed by atoms with Crippen LogP contribution >= 0.6 is 11.6 Å². The first-order valence-electron chi connectivity index (χ1n) is 8.62. The van der Waals surface area contributed by atoms with Gasteiger partial charge in [0.25, 0.3) is 0 Å². The molecule has 8 heteroatoms. The van der Waals surface area contributed by atoms with Gasteiger partial charge < -0.3 is 14.4 Å². The molecule has 1 aliphatic rings. The number of carbonyl (C=O) groups is 1. The van der Waals surface area contributed by atoms with Crippen LogP contribution < -0.4 is 9.47 Å². The molecule has 1 unspecified atom stereocenters. The first-order valence-corrected chi connectivity index (χ1v) is 9.00. The summed E-state index contributed by atoms with van der Waals surface area (Å²) in [4.78, 5) is 12.8. The van der Waals surface area contributed by atoms with Crippen molar-refractivity contribution in [3.8, 4) is 11.5 Å². The number of nitrogens with zero attached hydrogens (tertiary/aromatic N) is 1. The number of amides is 1. The van der Waals surface area contributed by atoms with Gasteiger partial charge in [-0.3, -0.25) is 4.79 Å². The van der Waals surface area contributed by atoms with Crippen molar-refractivity contribution in [2.45, 2.75) is 18.5 Å². The van der Waals surface area contributed by atoms with Gasteiger partial charge >= 0.3 is 12.1 Å². The third-order valence-electron chi connectivity index (χ3n) is 4.89. The van der Waals surface area contributed by atoms with E-state index in [9.17, 15) is 18.0 Å². The second kappa shape index (κ2) is 7.91. The molecule has 0 aromatic heterocycles. The van der Waals surface area contributed by atoms with Crippen molar-refractivity contribution in [3.05, 3.63) is 58.1 Å². The van der Waals surface area contributed by atoms with Crippen LogP contribution in [0.4, 0.5) is 13.2 Å². The first kappa shape index (κ1) is 20.3. The van der Waals surface area contributed by atoms with Gasteiger partial charge in [-0.25, -0.2) is 0 Å². The molecule has 1 amide bonds. The third-order valence-corrected chi connectivity index (χ3v) is 5.29. The lowest BCUT2D eigenvalue weighted by Gasteiger charge is -2.26. The summed E-state index contributed by atoms with van der Waals surface area (Å²) in [5, 5.41) is 0.291. The average molecular weight is 414 g/mol. The van der Waals surface area contributed by atoms with Crippen LogP contribution in [0.15, 0.2) is 36.4 Å². The van der Waals surface area contributed by atoms with Crippen molar-refractivity contribution in [2.24, 2.45) is 0 Å². The van der Waals surface area contributed by atoms with Crippen molar-refractivity contribution in [3.63, 3.8) is 0 Å². The molecule has 1 atom stereocenters. The van der Waals surface area contributed by atoms with Crippen molar-refractivity contribution in [1.29, 1.82) is 0 Å². The van der Waals surface area contributed by atoms with E-state index in [1.807, 2.05) is 18.2 Å². The predicted octanol–water partition coefficient (Wildman–Crippen LogP) is 4.44. The highest BCUT2D eigenvalue weighted by molar-refractivity contribution is 6.33. The Morgan fingerprint density at radius 1 is 1.18 bits per heavy atom. The van der Waals surface area contributed by atoms with Gasteiger partial charge in [0, 0.05) is 19.0 Å². The highest BCUT2D eigenvalue weighted by atomic mass is 35.5. The maximum atomic E-state index is 13.1. The summed E-state index contributed by atoms with van der Waals surface area (Å²) in [5.74, 6) is -1.62. The molecule has 1 heterocycles. The molecule has 0 spiro atoms. The van der Waals surface area contributed by atoms with Crippen molar-refractivity contribution >= 4 is 17.5 Å². The Balaban J connectivity index is 2.16. The van der Waals surface area contributed by atoms with Crippen molar-refractivity contribution in [2.75, 3.05) is 27.3 Å². The number of ether oxygens (including phenoxy) is 2. The predicted molar refractivity (Wildman–Crippen MR) is 99.2 cm³/mol. The number of fused-ring (bicyclic) bond motifs is 1. The highest BCUT2D eigenvalue weighted by Crippen LogP contribution is 2.45. The van der Waals surface area contributed by atoms with Gasteiger partial charge in [-0.05, 0) is 29.2 Å². The molecule has 0 bridgehead atoms. The van der Waals surface area contributed by atoms with Gasteiger partial charge in [0.15, 0.2) is 11.5 Å². The van der Waals surface area contributed by atoms with E-state index in [0.717, 1.165) is 16.0 Å². The van der Waals surface area contributed by atoms with Gasteiger partial charge in [0.2, 0.25) is 0 Å². The second-order valence-electron chi connectivity index (χ2n) is 6.46. The van der Waals surface area contributed by atoms with E-state index in [1.54, 1.807) is 18.2 Å². The summed E-state index contributed by atoms with van der Waals surface area (Å²) in [6.45, 7) is -0.203. The van der Waals surface area contributed by atoms with Gasteiger partial charge in [0.05, 0.1) is 19.2 Å². The Labute approximate surface area is 165 Å². The molecular weight excluding hydrogens is 395 g/mol. The van der Waals surface area contributed by atoms with E-state index in [4.69, 9.17) is 21.1 Å². The van der Waals surface area contributed by atoms with Crippen LogP contribution in [0.5, 0.6) is 11.5 Å². The van der Waals surface area contributed by atoms with Crippen LogP contribution in [0, 0.1) is 0 Å². The molecule has 2 aromatic carbocycles. The van der Waals surface area contributed by atoms with Crippen LogP contribution in [0.3, 0.4) is 0 Å². The number of alkyl halides is 3. The lowest BCUT2D eigenvalue weighted by Crippen LogP contribution is -2.43. The van der Waals surface area contributed by atoms with E-state index >= 15 is 0 Å². The number of methoxy groups -OCH3 is 2. The lowest BCUT2D eigenvalue weighted by molar-refractivity contribution is -0.185. The molecule has 0 radical (unpaired) electrons. The zero-order chi connectivity index (χ0) is 20.5. The fourth-order valence-electron chi connectivity index (χ4n) is 3.56. The fourth-order valence-corrected chi connectivity index (χ4v) is 3.94. The first-order chi connectivity index (χ1) is 13.3. The summed E-state index contributed by atoms with van der Waals surface area (Å²) in [6, 6.07) is 10.8. The van der Waals surface area contributed by atoms with Crippen LogP contribution in [0.25, 0.3) is 0 Å². The Morgan fingerprint density at radius 3 is 2.43 bits per heavy atom. The normalized spacial score (nSPS) is 16.9. The number of hydrogen-bond acceptors (Lipinski definition) is 3. The van der Waals surface area contributed by atoms with Gasteiger partial charge in [-0.2, -0.15) is 13.2 Å². The minimum atomic E-state index is -4.93. The van der Waals surface area contributed by atoms with Crippen LogP contribution in [0.2, 0.25) is 5.02 Å². The molecular formula is C20H19ClF3NO3. The van der Waals surface area contributed by atoms with E-state index in [1.165, 1.54) is 14.2 Å². The minimum Gasteiger partial charge on any atom is -0.493 e. The topological polar surface area (TPSA) is 38.8 Å². The smallest absolute Gasteiger partial charge is 0.471 e. The van der Waals surface area contributed by atoms with Gasteiger partial charge in [-0.1, -0.05) is 41.9 Å². The van der Waals surface area contributed by atoms with Crippen LogP contribution in [0.1, 0.15) is 22.6 Å². The number of benzene rings is 2. The Morgan fingerprint density at radius 2 is 1.86 bits per heavy atom. The van der Waals surface area contributed by atoms with Gasteiger partial charge in [-0.15, -0.1) is 0 Å². The van der Waals surface area contributed by atoms with Crippen LogP contribution in [-0.4, -0.2) is 44.3 Å². The maximum Gasteiger partial charge on any atom is 0.471 e. The lowest BCUT2D eigenvalue weighted by atomic mass is 9.87. The zero-order valence-electron chi connectivity index (χ0n) is 15.3. The van der Waals surface area contributed by atoms with E-state index in [2.05, 4.69) is 0 Å². The van der Waals surface area contributed by atoms with E-state index in [0.29, 0.717) is 22.1 Å². The molecule has 0 fully saturated rings. The Bertz CT molecular complexity index is 871. The molecule has 0 saturated heterocycles. The minimum absolute atomic E-state index is 0.0934.